The molecule has 1 amide bonds. The highest BCUT2D eigenvalue weighted by Gasteiger charge is 2.49. The van der Waals surface area contributed by atoms with Gasteiger partial charge < -0.3 is 9.64 Å². The third kappa shape index (κ3) is 3.93. The van der Waals surface area contributed by atoms with Crippen molar-refractivity contribution in [1.82, 2.24) is 9.80 Å². The zero-order valence-electron chi connectivity index (χ0n) is 17.0. The van der Waals surface area contributed by atoms with Gasteiger partial charge in [-0.2, -0.15) is 0 Å². The smallest absolute Gasteiger partial charge is 0.230 e. The molecule has 4 heteroatoms. The number of carbonyl (C=O) groups is 1. The Kier molecular flexibility index (Phi) is 5.56. The number of hydrogen-bond donors (Lipinski definition) is 0. The summed E-state index contributed by atoms with van der Waals surface area (Å²) in [7, 11) is 0. The molecule has 148 valence electrons. The molecule has 1 atom stereocenters. The molecule has 27 heavy (non-hydrogen) atoms. The van der Waals surface area contributed by atoms with Crippen molar-refractivity contribution in [2.24, 2.45) is 5.41 Å². The topological polar surface area (TPSA) is 32.8 Å². The summed E-state index contributed by atoms with van der Waals surface area (Å²) >= 11 is 0. The van der Waals surface area contributed by atoms with Crippen LogP contribution in [-0.2, 0) is 16.1 Å². The predicted octanol–water partition coefficient (Wildman–Crippen LogP) is 3.80. The Morgan fingerprint density at radius 1 is 1.11 bits per heavy atom. The van der Waals surface area contributed by atoms with E-state index in [1.165, 1.54) is 11.1 Å². The number of likely N-dealkylation sites (tertiary alicyclic amines) is 2. The minimum absolute atomic E-state index is 0.131. The summed E-state index contributed by atoms with van der Waals surface area (Å²) in [5.74, 6) is 0.949. The molecule has 0 N–H and O–H groups in total. The number of benzene rings is 1. The van der Waals surface area contributed by atoms with Gasteiger partial charge in [0.2, 0.25) is 5.91 Å². The molecule has 4 rings (SSSR count). The molecule has 1 aromatic carbocycles. The van der Waals surface area contributed by atoms with Crippen LogP contribution in [-0.4, -0.2) is 54.6 Å². The van der Waals surface area contributed by atoms with Crippen molar-refractivity contribution in [2.45, 2.75) is 64.5 Å². The van der Waals surface area contributed by atoms with Crippen molar-refractivity contribution in [3.05, 3.63) is 35.4 Å². The van der Waals surface area contributed by atoms with Crippen molar-refractivity contribution in [3.8, 4) is 0 Å². The molecule has 4 nitrogen and oxygen atoms in total. The summed E-state index contributed by atoms with van der Waals surface area (Å²) in [5.41, 5.74) is 2.49. The molecular weight excluding hydrogens is 336 g/mol. The Hall–Kier alpha value is -1.39. The molecule has 1 spiro atoms. The second-order valence-electron chi connectivity index (χ2n) is 9.07. The molecule has 3 saturated heterocycles. The lowest BCUT2D eigenvalue weighted by Gasteiger charge is -2.40. The lowest BCUT2D eigenvalue weighted by atomic mass is 9.78. The van der Waals surface area contributed by atoms with Crippen LogP contribution in [0.1, 0.15) is 63.0 Å². The first-order chi connectivity index (χ1) is 13.1. The van der Waals surface area contributed by atoms with Gasteiger partial charge in [0.05, 0.1) is 5.41 Å². The minimum atomic E-state index is -0.131. The molecule has 0 saturated carbocycles. The maximum atomic E-state index is 13.4. The Balaban J connectivity index is 1.41. The van der Waals surface area contributed by atoms with Crippen LogP contribution in [0.5, 0.6) is 0 Å². The van der Waals surface area contributed by atoms with E-state index in [0.717, 1.165) is 71.5 Å². The minimum Gasteiger partial charge on any atom is -0.381 e. The average Bonchev–Trinajstić information content (AvgIpc) is 3.12. The van der Waals surface area contributed by atoms with Crippen molar-refractivity contribution in [3.63, 3.8) is 0 Å². The van der Waals surface area contributed by atoms with Crippen LogP contribution in [0.15, 0.2) is 24.3 Å². The van der Waals surface area contributed by atoms with Crippen LogP contribution >= 0.6 is 0 Å². The number of nitrogens with zero attached hydrogens (tertiary/aromatic N) is 2. The van der Waals surface area contributed by atoms with E-state index >= 15 is 0 Å². The molecule has 1 aromatic rings. The number of ether oxygens (including phenoxy) is 1. The highest BCUT2D eigenvalue weighted by molar-refractivity contribution is 5.84. The highest BCUT2D eigenvalue weighted by atomic mass is 16.5. The summed E-state index contributed by atoms with van der Waals surface area (Å²) in [4.78, 5) is 18.1. The number of amides is 1. The first-order valence-corrected chi connectivity index (χ1v) is 10.8. The van der Waals surface area contributed by atoms with Crippen molar-refractivity contribution in [2.75, 3.05) is 32.8 Å². The van der Waals surface area contributed by atoms with Gasteiger partial charge in [0.25, 0.3) is 0 Å². The average molecular weight is 371 g/mol. The van der Waals surface area contributed by atoms with Gasteiger partial charge in [0.15, 0.2) is 0 Å². The molecule has 3 aliphatic heterocycles. The fourth-order valence-corrected chi connectivity index (χ4v) is 5.18. The molecule has 0 bridgehead atoms. The molecular formula is C23H34N2O2. The van der Waals surface area contributed by atoms with E-state index in [1.807, 2.05) is 0 Å². The van der Waals surface area contributed by atoms with Crippen LogP contribution in [0.4, 0.5) is 0 Å². The van der Waals surface area contributed by atoms with Gasteiger partial charge in [-0.15, -0.1) is 0 Å². The van der Waals surface area contributed by atoms with E-state index in [4.69, 9.17) is 4.74 Å². The standard InChI is InChI=1S/C23H34N2O2/c1-18(2)20-6-4-19(5-7-20)16-24-12-3-10-23(22(24)26)11-13-25(17-23)21-8-14-27-15-9-21/h4-7,18,21H,3,8-17H2,1-2H3. The quantitative estimate of drug-likeness (QED) is 0.808. The summed E-state index contributed by atoms with van der Waals surface area (Å²) in [6, 6.07) is 9.45. The van der Waals surface area contributed by atoms with Gasteiger partial charge in [-0.05, 0) is 55.7 Å². The summed E-state index contributed by atoms with van der Waals surface area (Å²) < 4.78 is 5.52. The molecule has 3 aliphatic rings. The Bertz CT molecular complexity index is 651. The fraction of sp³-hybridized carbons (Fsp3) is 0.696. The SMILES string of the molecule is CC(C)c1ccc(CN2CCCC3(CCN(C4CCOCC4)C3)C2=O)cc1. The largest absolute Gasteiger partial charge is 0.381 e. The second-order valence-corrected chi connectivity index (χ2v) is 9.07. The van der Waals surface area contributed by atoms with Crippen molar-refractivity contribution >= 4 is 5.91 Å². The van der Waals surface area contributed by atoms with Gasteiger partial charge in [-0.3, -0.25) is 9.69 Å². The lowest BCUT2D eigenvalue weighted by molar-refractivity contribution is -0.146. The van der Waals surface area contributed by atoms with E-state index in [9.17, 15) is 4.79 Å². The number of piperidine rings is 1. The van der Waals surface area contributed by atoms with Gasteiger partial charge in [-0.25, -0.2) is 0 Å². The van der Waals surface area contributed by atoms with Gasteiger partial charge in [0.1, 0.15) is 0 Å². The van der Waals surface area contributed by atoms with Crippen LogP contribution in [0.25, 0.3) is 0 Å². The molecule has 1 unspecified atom stereocenters. The van der Waals surface area contributed by atoms with Crippen molar-refractivity contribution < 1.29 is 9.53 Å². The molecule has 3 heterocycles. The van der Waals surface area contributed by atoms with E-state index in [2.05, 4.69) is 47.9 Å². The third-order valence-electron chi connectivity index (χ3n) is 6.93. The summed E-state index contributed by atoms with van der Waals surface area (Å²) in [6.45, 7) is 9.89. The Labute approximate surface area is 163 Å². The first kappa shape index (κ1) is 18.9. The van der Waals surface area contributed by atoms with E-state index in [1.54, 1.807) is 0 Å². The molecule has 0 aliphatic carbocycles. The zero-order chi connectivity index (χ0) is 18.9. The normalized spacial score (nSPS) is 27.8. The van der Waals surface area contributed by atoms with Gasteiger partial charge in [0, 0.05) is 38.9 Å². The number of hydrogen-bond acceptors (Lipinski definition) is 3. The number of carbonyl (C=O) groups excluding carboxylic acids is 1. The van der Waals surface area contributed by atoms with Gasteiger partial charge >= 0.3 is 0 Å². The monoisotopic (exact) mass is 370 g/mol. The van der Waals surface area contributed by atoms with Crippen LogP contribution in [0.2, 0.25) is 0 Å². The Morgan fingerprint density at radius 2 is 1.85 bits per heavy atom. The third-order valence-corrected chi connectivity index (χ3v) is 6.93. The highest BCUT2D eigenvalue weighted by Crippen LogP contribution is 2.42. The zero-order valence-corrected chi connectivity index (χ0v) is 17.0. The summed E-state index contributed by atoms with van der Waals surface area (Å²) in [5, 5.41) is 0. The van der Waals surface area contributed by atoms with E-state index in [-0.39, 0.29) is 5.41 Å². The predicted molar refractivity (Wildman–Crippen MR) is 108 cm³/mol. The molecule has 0 radical (unpaired) electrons. The molecule has 0 aromatic heterocycles. The number of rotatable bonds is 4. The second kappa shape index (κ2) is 7.92. The lowest BCUT2D eigenvalue weighted by Crippen LogP contribution is -2.50. The fourth-order valence-electron chi connectivity index (χ4n) is 5.18. The Morgan fingerprint density at radius 3 is 2.56 bits per heavy atom. The van der Waals surface area contributed by atoms with Crippen LogP contribution in [0, 0.1) is 5.41 Å². The first-order valence-electron chi connectivity index (χ1n) is 10.8. The van der Waals surface area contributed by atoms with E-state index in [0.29, 0.717) is 17.9 Å². The van der Waals surface area contributed by atoms with Gasteiger partial charge in [-0.1, -0.05) is 38.1 Å². The van der Waals surface area contributed by atoms with Crippen LogP contribution < -0.4 is 0 Å². The summed E-state index contributed by atoms with van der Waals surface area (Å²) in [6.07, 6.45) is 5.48. The molecule has 3 fully saturated rings. The maximum absolute atomic E-state index is 13.4. The maximum Gasteiger partial charge on any atom is 0.230 e. The van der Waals surface area contributed by atoms with E-state index < -0.39 is 0 Å². The van der Waals surface area contributed by atoms with Crippen molar-refractivity contribution in [1.29, 1.82) is 0 Å². The van der Waals surface area contributed by atoms with Crippen LogP contribution in [0.3, 0.4) is 0 Å².